The van der Waals surface area contributed by atoms with E-state index in [0.717, 1.165) is 39.5 Å². The van der Waals surface area contributed by atoms with Crippen molar-refractivity contribution >= 4 is 35.1 Å². The monoisotopic (exact) mass is 694 g/mol. The lowest BCUT2D eigenvalue weighted by Gasteiger charge is -2.39. The molecule has 0 aliphatic carbocycles. The van der Waals surface area contributed by atoms with Crippen molar-refractivity contribution in [2.24, 2.45) is 0 Å². The Labute approximate surface area is 298 Å². The van der Waals surface area contributed by atoms with E-state index < -0.39 is 18.3 Å². The fraction of sp³-hybridized carbons (Fsp3) is 0.333. The van der Waals surface area contributed by atoms with Gasteiger partial charge in [-0.25, -0.2) is 9.59 Å². The van der Waals surface area contributed by atoms with Gasteiger partial charge in [0.05, 0.1) is 19.7 Å². The van der Waals surface area contributed by atoms with Gasteiger partial charge >= 0.3 is 12.1 Å². The lowest BCUT2D eigenvalue weighted by Crippen LogP contribution is -2.59. The van der Waals surface area contributed by atoms with E-state index in [1.54, 1.807) is 60.4 Å². The zero-order chi connectivity index (χ0) is 36.3. The molecule has 1 heterocycles. The number of carbonyl (C=O) groups excluding carboxylic acids is 4. The molecule has 0 saturated carbocycles. The molecule has 0 aromatic heterocycles. The van der Waals surface area contributed by atoms with Crippen molar-refractivity contribution in [3.05, 3.63) is 108 Å². The number of ether oxygens (including phenoxy) is 2. The number of hydrogen-bond donors (Lipinski definition) is 2. The largest absolute Gasteiger partial charge is 0.497 e. The average molecular weight is 695 g/mol. The number of aldehydes is 1. The van der Waals surface area contributed by atoms with Gasteiger partial charge in [0.25, 0.3) is 0 Å². The Morgan fingerprint density at radius 3 is 2.29 bits per heavy atom. The van der Waals surface area contributed by atoms with Gasteiger partial charge in [0.2, 0.25) is 5.91 Å². The number of amides is 4. The summed E-state index contributed by atoms with van der Waals surface area (Å²) >= 11 is 0. The minimum atomic E-state index is -0.812. The summed E-state index contributed by atoms with van der Waals surface area (Å²) in [5, 5.41) is 12.1. The molecule has 0 radical (unpaired) electrons. The van der Waals surface area contributed by atoms with Crippen LogP contribution in [0.3, 0.4) is 0 Å². The highest BCUT2D eigenvalue weighted by molar-refractivity contribution is 5.86. The van der Waals surface area contributed by atoms with Crippen LogP contribution in [-0.4, -0.2) is 97.2 Å². The van der Waals surface area contributed by atoms with Crippen LogP contribution in [0.15, 0.2) is 91.0 Å². The fourth-order valence-electron chi connectivity index (χ4n) is 6.18. The summed E-state index contributed by atoms with van der Waals surface area (Å²) in [6, 6.07) is 27.5. The van der Waals surface area contributed by atoms with Crippen LogP contribution in [0.2, 0.25) is 0 Å². The Hall–Kier alpha value is -5.46. The highest BCUT2D eigenvalue weighted by atomic mass is 16.6. The summed E-state index contributed by atoms with van der Waals surface area (Å²) in [6.07, 6.45) is 0.537. The van der Waals surface area contributed by atoms with E-state index in [2.05, 4.69) is 34.9 Å². The molecule has 4 amide bonds. The molecule has 1 aliphatic heterocycles. The summed E-state index contributed by atoms with van der Waals surface area (Å²) in [4.78, 5) is 55.3. The molecular formula is C39H46N6O6. The Bertz CT molecular complexity index is 1790. The third kappa shape index (κ3) is 9.21. The van der Waals surface area contributed by atoms with E-state index >= 15 is 0 Å². The minimum Gasteiger partial charge on any atom is -0.497 e. The van der Waals surface area contributed by atoms with Crippen LogP contribution in [0.1, 0.15) is 30.0 Å². The number of nitrogens with zero attached hydrogens (tertiary/aromatic N) is 4. The number of fused-ring (bicyclic) bond motifs is 1. The predicted molar refractivity (Wildman–Crippen MR) is 195 cm³/mol. The molecule has 12 nitrogen and oxygen atoms in total. The van der Waals surface area contributed by atoms with E-state index in [9.17, 15) is 19.2 Å². The van der Waals surface area contributed by atoms with E-state index in [-0.39, 0.29) is 31.4 Å². The molecule has 0 unspecified atom stereocenters. The predicted octanol–water partition coefficient (Wildman–Crippen LogP) is 4.82. The van der Waals surface area contributed by atoms with Gasteiger partial charge in [-0.3, -0.25) is 9.80 Å². The van der Waals surface area contributed by atoms with Gasteiger partial charge in [0.15, 0.2) is 0 Å². The van der Waals surface area contributed by atoms with Crippen LogP contribution in [0.4, 0.5) is 9.59 Å². The lowest BCUT2D eigenvalue weighted by molar-refractivity contribution is -0.134. The molecular weight excluding hydrogens is 648 g/mol. The standard InChI is InChI=1S/C39H46N6O6/c1-5-21-43(38(48)41-23-29-15-17-33(50-4)18-16-29)44-26-37(47)45(32(27-46)22-28-13-19-34(20-14-28)51-39(49)42(2)3)36(44)25-40-24-31-11-8-10-30-9-6-7-12-35(30)31/h6-20,27,32,36,40H,5,21-26H2,1-4H3,(H,41,48)/t32-,36+/m0/s1. The Balaban J connectivity index is 1.37. The summed E-state index contributed by atoms with van der Waals surface area (Å²) in [7, 11) is 4.80. The quantitative estimate of drug-likeness (QED) is 0.170. The summed E-state index contributed by atoms with van der Waals surface area (Å²) in [6.45, 7) is 3.37. The number of rotatable bonds is 15. The van der Waals surface area contributed by atoms with Crippen molar-refractivity contribution in [2.75, 3.05) is 40.8 Å². The molecule has 1 fully saturated rings. The maximum absolute atomic E-state index is 13.9. The van der Waals surface area contributed by atoms with Crippen LogP contribution < -0.4 is 20.1 Å². The summed E-state index contributed by atoms with van der Waals surface area (Å²) in [5.74, 6) is 0.834. The van der Waals surface area contributed by atoms with Crippen molar-refractivity contribution in [1.82, 2.24) is 30.5 Å². The lowest BCUT2D eigenvalue weighted by atomic mass is 10.0. The van der Waals surface area contributed by atoms with E-state index in [4.69, 9.17) is 9.47 Å². The zero-order valence-electron chi connectivity index (χ0n) is 29.6. The average Bonchev–Trinajstić information content (AvgIpc) is 3.47. The second kappa shape index (κ2) is 17.5. The molecule has 4 aromatic rings. The van der Waals surface area contributed by atoms with Gasteiger partial charge in [-0.2, -0.15) is 5.01 Å². The second-order valence-electron chi connectivity index (χ2n) is 12.6. The third-order valence-corrected chi connectivity index (χ3v) is 8.81. The first-order valence-corrected chi connectivity index (χ1v) is 17.1. The van der Waals surface area contributed by atoms with Crippen molar-refractivity contribution in [3.63, 3.8) is 0 Å². The van der Waals surface area contributed by atoms with Gasteiger partial charge in [-0.15, -0.1) is 0 Å². The maximum atomic E-state index is 13.9. The Morgan fingerprint density at radius 1 is 0.922 bits per heavy atom. The van der Waals surface area contributed by atoms with Crippen LogP contribution in [0.25, 0.3) is 10.8 Å². The molecule has 4 aromatic carbocycles. The van der Waals surface area contributed by atoms with Crippen molar-refractivity contribution in [3.8, 4) is 11.5 Å². The van der Waals surface area contributed by atoms with Gasteiger partial charge in [0, 0.05) is 40.3 Å². The number of hydrazine groups is 1. The Kier molecular flexibility index (Phi) is 12.6. The Morgan fingerprint density at radius 2 is 1.61 bits per heavy atom. The summed E-state index contributed by atoms with van der Waals surface area (Å²) < 4.78 is 10.6. The molecule has 1 aliphatic rings. The first kappa shape index (κ1) is 36.8. The first-order chi connectivity index (χ1) is 24.7. The topological polar surface area (TPSA) is 124 Å². The number of benzene rings is 4. The molecule has 51 heavy (non-hydrogen) atoms. The number of hydrogen-bond acceptors (Lipinski definition) is 8. The highest BCUT2D eigenvalue weighted by Crippen LogP contribution is 2.25. The molecule has 12 heteroatoms. The number of nitrogens with one attached hydrogen (secondary N) is 2. The maximum Gasteiger partial charge on any atom is 0.414 e. The van der Waals surface area contributed by atoms with Gasteiger partial charge in [-0.1, -0.05) is 73.7 Å². The van der Waals surface area contributed by atoms with Gasteiger partial charge in [-0.05, 0) is 64.6 Å². The van der Waals surface area contributed by atoms with Crippen LogP contribution in [0, 0.1) is 0 Å². The van der Waals surface area contributed by atoms with E-state index in [1.807, 2.05) is 49.4 Å². The number of carbonyl (C=O) groups is 4. The van der Waals surface area contributed by atoms with Crippen LogP contribution in [-0.2, 0) is 29.1 Å². The molecule has 0 bridgehead atoms. The normalized spacial score (nSPS) is 15.0. The van der Waals surface area contributed by atoms with E-state index in [0.29, 0.717) is 31.8 Å². The number of methoxy groups -OCH3 is 1. The number of urea groups is 1. The van der Waals surface area contributed by atoms with Crippen molar-refractivity contribution in [1.29, 1.82) is 0 Å². The highest BCUT2D eigenvalue weighted by Gasteiger charge is 2.45. The SMILES string of the molecule is CCCN(C(=O)NCc1ccc(OC)cc1)N1CC(=O)N([C@H](C=O)Cc2ccc(OC(=O)N(C)C)cc2)[C@@H]1CNCc1cccc2ccccc12. The van der Waals surface area contributed by atoms with Gasteiger partial charge in [0.1, 0.15) is 24.0 Å². The molecule has 268 valence electrons. The molecule has 2 atom stereocenters. The molecule has 5 rings (SSSR count). The van der Waals surface area contributed by atoms with Crippen molar-refractivity contribution in [2.45, 2.75) is 45.1 Å². The minimum absolute atomic E-state index is 0.0691. The molecule has 2 N–H and O–H groups in total. The van der Waals surface area contributed by atoms with E-state index in [1.165, 1.54) is 4.90 Å². The molecule has 0 spiro atoms. The van der Waals surface area contributed by atoms with Crippen molar-refractivity contribution < 1.29 is 28.7 Å². The van der Waals surface area contributed by atoms with Crippen LogP contribution >= 0.6 is 0 Å². The fourth-order valence-corrected chi connectivity index (χ4v) is 6.18. The summed E-state index contributed by atoms with van der Waals surface area (Å²) in [5.41, 5.74) is 2.78. The first-order valence-electron chi connectivity index (χ1n) is 17.1. The van der Waals surface area contributed by atoms with Crippen LogP contribution in [0.5, 0.6) is 11.5 Å². The molecule has 1 saturated heterocycles. The zero-order valence-corrected chi connectivity index (χ0v) is 29.6. The third-order valence-electron chi connectivity index (χ3n) is 8.81. The second-order valence-corrected chi connectivity index (χ2v) is 12.6. The van der Waals surface area contributed by atoms with Gasteiger partial charge < -0.3 is 34.7 Å². The smallest absolute Gasteiger partial charge is 0.414 e.